The van der Waals surface area contributed by atoms with Gasteiger partial charge < -0.3 is 10.6 Å². The van der Waals surface area contributed by atoms with Crippen LogP contribution in [-0.2, 0) is 16.2 Å². The molecule has 0 aliphatic rings. The molecule has 0 unspecified atom stereocenters. The zero-order valence-corrected chi connectivity index (χ0v) is 16.2. The molecule has 2 aromatic heterocycles. The van der Waals surface area contributed by atoms with Gasteiger partial charge in [0.25, 0.3) is 0 Å². The predicted octanol–water partition coefficient (Wildman–Crippen LogP) is 3.02. The number of anilines is 3. The topological polar surface area (TPSA) is 109 Å². The van der Waals surface area contributed by atoms with E-state index in [1.807, 2.05) is 6.07 Å². The molecule has 158 valence electrons. The van der Waals surface area contributed by atoms with Gasteiger partial charge in [-0.25, -0.2) is 18.1 Å². The lowest BCUT2D eigenvalue weighted by Crippen LogP contribution is -2.30. The van der Waals surface area contributed by atoms with E-state index in [9.17, 15) is 21.6 Å². The molecule has 8 nitrogen and oxygen atoms in total. The zero-order chi connectivity index (χ0) is 21.6. The summed E-state index contributed by atoms with van der Waals surface area (Å²) >= 11 is 0. The van der Waals surface area contributed by atoms with Crippen LogP contribution < -0.4 is 15.4 Å². The maximum Gasteiger partial charge on any atom is 0.417 e. The first kappa shape index (κ1) is 21.5. The number of pyridine rings is 1. The molecule has 0 fully saturated rings. The Balaban J connectivity index is 1.54. The van der Waals surface area contributed by atoms with Gasteiger partial charge in [0.1, 0.15) is 11.6 Å². The molecular formula is C18H17F3N6O2S. The van der Waals surface area contributed by atoms with Gasteiger partial charge in [0.2, 0.25) is 10.0 Å². The van der Waals surface area contributed by atoms with Gasteiger partial charge in [0.05, 0.1) is 10.5 Å². The van der Waals surface area contributed by atoms with Crippen LogP contribution in [0.4, 0.5) is 30.6 Å². The highest BCUT2D eigenvalue weighted by Crippen LogP contribution is 2.33. The van der Waals surface area contributed by atoms with Crippen LogP contribution in [0.2, 0.25) is 0 Å². The Bertz CT molecular complexity index is 1080. The Labute approximate surface area is 170 Å². The van der Waals surface area contributed by atoms with Crippen molar-refractivity contribution in [3.63, 3.8) is 0 Å². The average molecular weight is 438 g/mol. The van der Waals surface area contributed by atoms with Crippen molar-refractivity contribution in [1.29, 1.82) is 0 Å². The van der Waals surface area contributed by atoms with Crippen LogP contribution in [0.5, 0.6) is 0 Å². The average Bonchev–Trinajstić information content (AvgIpc) is 2.72. The van der Waals surface area contributed by atoms with E-state index in [1.165, 1.54) is 6.07 Å². The summed E-state index contributed by atoms with van der Waals surface area (Å²) in [5.74, 6) is 1.43. The number of alkyl halides is 3. The summed E-state index contributed by atoms with van der Waals surface area (Å²) in [4.78, 5) is 3.28. The second kappa shape index (κ2) is 9.05. The number of sulfonamides is 1. The fraction of sp³-hybridized carbons (Fsp3) is 0.167. The first-order valence-corrected chi connectivity index (χ1v) is 10.2. The molecule has 3 rings (SSSR count). The van der Waals surface area contributed by atoms with Gasteiger partial charge in [-0.15, -0.1) is 10.2 Å². The summed E-state index contributed by atoms with van der Waals surface area (Å²) < 4.78 is 65.7. The number of hydrogen-bond acceptors (Lipinski definition) is 7. The van der Waals surface area contributed by atoms with Gasteiger partial charge in [-0.2, -0.15) is 13.2 Å². The Kier molecular flexibility index (Phi) is 6.47. The lowest BCUT2D eigenvalue weighted by Gasteiger charge is -2.14. The van der Waals surface area contributed by atoms with Crippen molar-refractivity contribution < 1.29 is 21.6 Å². The van der Waals surface area contributed by atoms with Gasteiger partial charge in [-0.05, 0) is 36.4 Å². The monoisotopic (exact) mass is 438 g/mol. The molecule has 30 heavy (non-hydrogen) atoms. The van der Waals surface area contributed by atoms with Gasteiger partial charge in [0, 0.05) is 19.3 Å². The Morgan fingerprint density at radius 1 is 0.833 bits per heavy atom. The number of nitrogens with one attached hydrogen (secondary N) is 3. The number of halogens is 3. The molecule has 0 bridgehead atoms. The van der Waals surface area contributed by atoms with Crippen molar-refractivity contribution in [2.45, 2.75) is 11.1 Å². The molecular weight excluding hydrogens is 421 g/mol. The third kappa shape index (κ3) is 5.64. The molecule has 0 saturated carbocycles. The SMILES string of the molecule is O=S(=O)(NCCNc1ccc(Nc2ccccn2)nn1)c1ccccc1C(F)(F)F. The minimum Gasteiger partial charge on any atom is -0.367 e. The number of aromatic nitrogens is 3. The van der Waals surface area contributed by atoms with Crippen molar-refractivity contribution in [3.8, 4) is 0 Å². The quantitative estimate of drug-likeness (QED) is 0.464. The van der Waals surface area contributed by atoms with E-state index in [2.05, 4.69) is 30.5 Å². The van der Waals surface area contributed by atoms with Crippen LogP contribution in [0, 0.1) is 0 Å². The molecule has 0 spiro atoms. The van der Waals surface area contributed by atoms with Crippen LogP contribution in [0.15, 0.2) is 65.7 Å². The predicted molar refractivity (Wildman–Crippen MR) is 105 cm³/mol. The molecule has 0 atom stereocenters. The van der Waals surface area contributed by atoms with Gasteiger partial charge in [-0.1, -0.05) is 18.2 Å². The smallest absolute Gasteiger partial charge is 0.367 e. The molecule has 0 aliphatic heterocycles. The molecule has 1 aromatic carbocycles. The van der Waals surface area contributed by atoms with E-state index in [4.69, 9.17) is 0 Å². The Morgan fingerprint density at radius 2 is 1.53 bits per heavy atom. The van der Waals surface area contributed by atoms with Gasteiger partial charge in [0.15, 0.2) is 5.82 Å². The standard InChI is InChI=1S/C18H17F3N6O2S/c19-18(20,21)13-5-1-2-6-14(13)30(28,29)24-12-11-23-16-8-9-17(27-26-16)25-15-7-3-4-10-22-15/h1-10,24H,11-12H2,(H,23,26)(H,22,25,27). The number of benzene rings is 1. The van der Waals surface area contributed by atoms with Crippen molar-refractivity contribution in [2.24, 2.45) is 0 Å². The minimum absolute atomic E-state index is 0.0924. The second-order valence-electron chi connectivity index (χ2n) is 5.96. The Hall–Kier alpha value is -3.25. The first-order chi connectivity index (χ1) is 14.3. The fourth-order valence-electron chi connectivity index (χ4n) is 2.45. The summed E-state index contributed by atoms with van der Waals surface area (Å²) in [5, 5.41) is 13.7. The molecule has 0 aliphatic carbocycles. The summed E-state index contributed by atoms with van der Waals surface area (Å²) in [6.07, 6.45) is -3.15. The normalized spacial score (nSPS) is 11.8. The van der Waals surface area contributed by atoms with E-state index in [0.717, 1.165) is 18.2 Å². The maximum absolute atomic E-state index is 13.0. The lowest BCUT2D eigenvalue weighted by atomic mass is 10.2. The number of rotatable bonds is 8. The third-order valence-electron chi connectivity index (χ3n) is 3.79. The second-order valence-corrected chi connectivity index (χ2v) is 7.70. The first-order valence-electron chi connectivity index (χ1n) is 8.67. The van der Waals surface area contributed by atoms with Crippen LogP contribution in [-0.4, -0.2) is 36.7 Å². The summed E-state index contributed by atoms with van der Waals surface area (Å²) in [6, 6.07) is 12.6. The maximum atomic E-state index is 13.0. The molecule has 0 saturated heterocycles. The van der Waals surface area contributed by atoms with E-state index in [1.54, 1.807) is 30.5 Å². The number of hydrogen-bond donors (Lipinski definition) is 3. The highest BCUT2D eigenvalue weighted by Gasteiger charge is 2.36. The molecule has 0 amide bonds. The third-order valence-corrected chi connectivity index (χ3v) is 5.31. The van der Waals surface area contributed by atoms with E-state index in [0.29, 0.717) is 17.5 Å². The molecule has 12 heteroatoms. The summed E-state index contributed by atoms with van der Waals surface area (Å²) in [5.41, 5.74) is -1.22. The highest BCUT2D eigenvalue weighted by atomic mass is 32.2. The summed E-state index contributed by atoms with van der Waals surface area (Å²) in [6.45, 7) is -0.0563. The minimum atomic E-state index is -4.77. The van der Waals surface area contributed by atoms with Crippen molar-refractivity contribution >= 4 is 27.5 Å². The molecule has 3 aromatic rings. The van der Waals surface area contributed by atoms with E-state index < -0.39 is 26.7 Å². The molecule has 2 heterocycles. The Morgan fingerprint density at radius 3 is 2.20 bits per heavy atom. The van der Waals surface area contributed by atoms with E-state index >= 15 is 0 Å². The molecule has 0 radical (unpaired) electrons. The highest BCUT2D eigenvalue weighted by molar-refractivity contribution is 7.89. The van der Waals surface area contributed by atoms with Crippen LogP contribution >= 0.6 is 0 Å². The molecule has 3 N–H and O–H groups in total. The van der Waals surface area contributed by atoms with Crippen molar-refractivity contribution in [3.05, 3.63) is 66.4 Å². The zero-order valence-electron chi connectivity index (χ0n) is 15.4. The van der Waals surface area contributed by atoms with Crippen LogP contribution in [0.1, 0.15) is 5.56 Å². The van der Waals surface area contributed by atoms with Crippen molar-refractivity contribution in [2.75, 3.05) is 23.7 Å². The fourth-order valence-corrected chi connectivity index (χ4v) is 3.71. The van der Waals surface area contributed by atoms with Gasteiger partial charge in [-0.3, -0.25) is 0 Å². The van der Waals surface area contributed by atoms with Crippen LogP contribution in [0.25, 0.3) is 0 Å². The summed E-state index contributed by atoms with van der Waals surface area (Å²) in [7, 11) is -4.33. The largest absolute Gasteiger partial charge is 0.417 e. The van der Waals surface area contributed by atoms with Crippen molar-refractivity contribution in [1.82, 2.24) is 19.9 Å². The number of nitrogens with zero attached hydrogens (tertiary/aromatic N) is 3. The lowest BCUT2D eigenvalue weighted by molar-refractivity contribution is -0.139. The van der Waals surface area contributed by atoms with Crippen LogP contribution in [0.3, 0.4) is 0 Å². The van der Waals surface area contributed by atoms with E-state index in [-0.39, 0.29) is 13.1 Å². The van der Waals surface area contributed by atoms with Gasteiger partial charge >= 0.3 is 6.18 Å².